The maximum absolute atomic E-state index is 5.45. The van der Waals surface area contributed by atoms with Crippen LogP contribution in [-0.2, 0) is 0 Å². The molecule has 0 aliphatic heterocycles. The van der Waals surface area contributed by atoms with Crippen LogP contribution in [0.25, 0.3) is 100 Å². The molecule has 0 unspecified atom stereocenters. The number of rotatable bonds is 6. The molecule has 0 spiro atoms. The van der Waals surface area contributed by atoms with Gasteiger partial charge in [0, 0.05) is 44.4 Å². The maximum atomic E-state index is 5.45. The molecule has 4 aromatic heterocycles. The summed E-state index contributed by atoms with van der Waals surface area (Å²) >= 11 is 0. The number of benzene rings is 7. The van der Waals surface area contributed by atoms with Crippen LogP contribution in [0.1, 0.15) is 0 Å². The van der Waals surface area contributed by atoms with Crippen LogP contribution in [0.5, 0.6) is 0 Å². The smallest absolute Gasteiger partial charge is 0.160 e. The molecule has 0 amide bonds. The second kappa shape index (κ2) is 13.0. The van der Waals surface area contributed by atoms with E-state index in [0.29, 0.717) is 5.82 Å². The summed E-state index contributed by atoms with van der Waals surface area (Å²) in [5.41, 5.74) is 13.1. The number of hydrogen-bond donors (Lipinski definition) is 0. The summed E-state index contributed by atoms with van der Waals surface area (Å²) in [6.07, 6.45) is 1.82. The molecule has 7 aromatic carbocycles. The van der Waals surface area contributed by atoms with E-state index >= 15 is 0 Å². The van der Waals surface area contributed by atoms with Gasteiger partial charge < -0.3 is 9.13 Å². The lowest BCUT2D eigenvalue weighted by molar-refractivity contribution is 1.14. The topological polar surface area (TPSA) is 48.5 Å². The Morgan fingerprint density at radius 2 is 0.821 bits per heavy atom. The van der Waals surface area contributed by atoms with E-state index in [0.717, 1.165) is 72.8 Å². The number of aromatic nitrogens is 5. The van der Waals surface area contributed by atoms with Gasteiger partial charge >= 0.3 is 0 Å². The predicted octanol–water partition coefficient (Wildman–Crippen LogP) is 12.7. The fourth-order valence-corrected chi connectivity index (χ4v) is 8.42. The van der Waals surface area contributed by atoms with Gasteiger partial charge in [-0.2, -0.15) is 0 Å². The van der Waals surface area contributed by atoms with Crippen LogP contribution in [-0.4, -0.2) is 24.1 Å². The minimum Gasteiger partial charge on any atom is -0.309 e. The third-order valence-electron chi connectivity index (χ3n) is 10.8. The average Bonchev–Trinajstić information content (AvgIpc) is 3.79. The lowest BCUT2D eigenvalue weighted by Gasteiger charge is -2.21. The summed E-state index contributed by atoms with van der Waals surface area (Å²) < 4.78 is 4.81. The van der Waals surface area contributed by atoms with Crippen LogP contribution < -0.4 is 0 Å². The Morgan fingerprint density at radius 1 is 0.339 bits per heavy atom. The summed E-state index contributed by atoms with van der Waals surface area (Å²) in [5.74, 6) is 0.641. The molecule has 4 heterocycles. The number of fused-ring (bicyclic) bond motifs is 6. The second-order valence-corrected chi connectivity index (χ2v) is 14.0. The van der Waals surface area contributed by atoms with Crippen molar-refractivity contribution in [1.29, 1.82) is 0 Å². The molecule has 262 valence electrons. The Morgan fingerprint density at radius 3 is 1.43 bits per heavy atom. The number of para-hydroxylation sites is 5. The van der Waals surface area contributed by atoms with Crippen molar-refractivity contribution in [3.8, 4) is 56.5 Å². The molecule has 5 nitrogen and oxygen atoms in total. The van der Waals surface area contributed by atoms with Gasteiger partial charge in [-0.3, -0.25) is 4.98 Å². The summed E-state index contributed by atoms with van der Waals surface area (Å²) in [6, 6.07) is 68.4. The highest BCUT2D eigenvalue weighted by Crippen LogP contribution is 2.44. The molecule has 0 aliphatic rings. The normalized spacial score (nSPS) is 11.6. The van der Waals surface area contributed by atoms with Crippen molar-refractivity contribution < 1.29 is 0 Å². The Kier molecular flexibility index (Phi) is 7.42. The predicted molar refractivity (Wildman–Crippen MR) is 230 cm³/mol. The van der Waals surface area contributed by atoms with Crippen molar-refractivity contribution in [3.05, 3.63) is 200 Å². The van der Waals surface area contributed by atoms with Crippen molar-refractivity contribution in [1.82, 2.24) is 24.1 Å². The van der Waals surface area contributed by atoms with Crippen LogP contribution >= 0.6 is 0 Å². The summed E-state index contributed by atoms with van der Waals surface area (Å²) in [6.45, 7) is 0. The molecular formula is C51H33N5. The minimum absolute atomic E-state index is 0.641. The molecule has 0 fully saturated rings. The van der Waals surface area contributed by atoms with E-state index in [1.807, 2.05) is 42.6 Å². The summed E-state index contributed by atoms with van der Waals surface area (Å²) in [7, 11) is 0. The first-order valence-electron chi connectivity index (χ1n) is 18.9. The number of nitrogens with zero attached hydrogens (tertiary/aromatic N) is 5. The lowest BCUT2D eigenvalue weighted by atomic mass is 9.93. The highest BCUT2D eigenvalue weighted by Gasteiger charge is 2.24. The first kappa shape index (κ1) is 31.9. The van der Waals surface area contributed by atoms with Gasteiger partial charge in [-0.15, -0.1) is 0 Å². The lowest BCUT2D eigenvalue weighted by Crippen LogP contribution is -2.04. The van der Waals surface area contributed by atoms with Crippen LogP contribution in [0.2, 0.25) is 0 Å². The van der Waals surface area contributed by atoms with Gasteiger partial charge in [0.25, 0.3) is 0 Å². The zero-order chi connectivity index (χ0) is 37.0. The van der Waals surface area contributed by atoms with E-state index in [1.54, 1.807) is 0 Å². The van der Waals surface area contributed by atoms with E-state index in [1.165, 1.54) is 21.5 Å². The van der Waals surface area contributed by atoms with Gasteiger partial charge in [0.2, 0.25) is 0 Å². The van der Waals surface area contributed by atoms with Gasteiger partial charge in [-0.25, -0.2) is 9.97 Å². The van der Waals surface area contributed by atoms with Gasteiger partial charge in [0.05, 0.1) is 50.5 Å². The van der Waals surface area contributed by atoms with E-state index in [2.05, 4.69) is 167 Å². The second-order valence-electron chi connectivity index (χ2n) is 14.0. The molecule has 0 atom stereocenters. The van der Waals surface area contributed by atoms with Crippen molar-refractivity contribution >= 4 is 43.6 Å². The highest BCUT2D eigenvalue weighted by atomic mass is 15.0. The first-order chi connectivity index (χ1) is 27.8. The molecule has 0 radical (unpaired) electrons. The third-order valence-corrected chi connectivity index (χ3v) is 10.8. The fourth-order valence-electron chi connectivity index (χ4n) is 8.42. The Bertz CT molecular complexity index is 3090. The minimum atomic E-state index is 0.641. The Hall–Kier alpha value is -7.63. The standard InChI is InChI=1S/C51H33N5/c1-2-17-34(18-3-1)51-53-42(41-25-14-15-32-52-41)33-43(54-51)50-40(24-16-31-49(50)56-46-28-11-6-21-37(46)38-22-7-12-29-47(38)56)39-23-8-13-30-48(39)55-44-26-9-4-19-35(44)36-20-5-10-27-45(36)55/h1-33H. The van der Waals surface area contributed by atoms with Crippen molar-refractivity contribution in [2.24, 2.45) is 0 Å². The quantitative estimate of drug-likeness (QED) is 0.172. The Balaban J connectivity index is 1.28. The molecule has 11 rings (SSSR count). The highest BCUT2D eigenvalue weighted by molar-refractivity contribution is 6.11. The monoisotopic (exact) mass is 715 g/mol. The van der Waals surface area contributed by atoms with E-state index < -0.39 is 0 Å². The van der Waals surface area contributed by atoms with Crippen LogP contribution in [0.15, 0.2) is 200 Å². The van der Waals surface area contributed by atoms with Crippen LogP contribution in [0, 0.1) is 0 Å². The van der Waals surface area contributed by atoms with Crippen molar-refractivity contribution in [2.45, 2.75) is 0 Å². The molecule has 0 saturated heterocycles. The SMILES string of the molecule is c1ccc(-c2nc(-c3ccccn3)cc(-c3c(-c4ccccc4-n4c5ccccc5c5ccccc54)cccc3-n3c4ccccc4c4ccccc43)n2)cc1. The fraction of sp³-hybridized carbons (Fsp3) is 0. The van der Waals surface area contributed by atoms with Crippen molar-refractivity contribution in [3.63, 3.8) is 0 Å². The molecule has 0 bridgehead atoms. The first-order valence-corrected chi connectivity index (χ1v) is 18.9. The van der Waals surface area contributed by atoms with E-state index in [-0.39, 0.29) is 0 Å². The number of hydrogen-bond acceptors (Lipinski definition) is 3. The van der Waals surface area contributed by atoms with Gasteiger partial charge in [0.1, 0.15) is 0 Å². The third kappa shape index (κ3) is 5.06. The van der Waals surface area contributed by atoms with Crippen molar-refractivity contribution in [2.75, 3.05) is 0 Å². The molecule has 11 aromatic rings. The maximum Gasteiger partial charge on any atom is 0.160 e. The molecule has 0 saturated carbocycles. The molecule has 0 aliphatic carbocycles. The average molecular weight is 716 g/mol. The zero-order valence-corrected chi connectivity index (χ0v) is 30.3. The molecule has 56 heavy (non-hydrogen) atoms. The molecule has 0 N–H and O–H groups in total. The molecule has 5 heteroatoms. The van der Waals surface area contributed by atoms with Gasteiger partial charge in [-0.1, -0.05) is 140 Å². The van der Waals surface area contributed by atoms with Gasteiger partial charge in [0.15, 0.2) is 5.82 Å². The van der Waals surface area contributed by atoms with Crippen LogP contribution in [0.3, 0.4) is 0 Å². The van der Waals surface area contributed by atoms with Crippen LogP contribution in [0.4, 0.5) is 0 Å². The van der Waals surface area contributed by atoms with E-state index in [9.17, 15) is 0 Å². The summed E-state index contributed by atoms with van der Waals surface area (Å²) in [4.78, 5) is 15.3. The van der Waals surface area contributed by atoms with Gasteiger partial charge in [-0.05, 0) is 60.2 Å². The molecular weight excluding hydrogens is 683 g/mol. The largest absolute Gasteiger partial charge is 0.309 e. The Labute approximate surface area is 323 Å². The van der Waals surface area contributed by atoms with E-state index in [4.69, 9.17) is 15.0 Å². The number of pyridine rings is 1. The summed E-state index contributed by atoms with van der Waals surface area (Å²) in [5, 5.41) is 4.85. The zero-order valence-electron chi connectivity index (χ0n) is 30.3.